The third-order valence-electron chi connectivity index (χ3n) is 3.00. The quantitative estimate of drug-likeness (QED) is 0.810. The van der Waals surface area contributed by atoms with E-state index < -0.39 is 0 Å². The van der Waals surface area contributed by atoms with Gasteiger partial charge in [0.05, 0.1) is 0 Å². The zero-order chi connectivity index (χ0) is 13.3. The summed E-state index contributed by atoms with van der Waals surface area (Å²) in [5.74, 6) is 0. The van der Waals surface area contributed by atoms with Gasteiger partial charge in [-0.3, -0.25) is 0 Å². The summed E-state index contributed by atoms with van der Waals surface area (Å²) in [4.78, 5) is 2.44. The zero-order valence-electron chi connectivity index (χ0n) is 10.6. The van der Waals surface area contributed by atoms with Gasteiger partial charge in [-0.2, -0.15) is 0 Å². The number of benzene rings is 1. The van der Waals surface area contributed by atoms with E-state index in [1.165, 1.54) is 4.88 Å². The Bertz CT molecular complexity index is 563. The van der Waals surface area contributed by atoms with E-state index >= 15 is 0 Å². The fourth-order valence-corrected chi connectivity index (χ4v) is 3.35. The van der Waals surface area contributed by atoms with Crippen LogP contribution in [0.5, 0.6) is 0 Å². The van der Waals surface area contributed by atoms with Crippen LogP contribution in [0.15, 0.2) is 24.3 Å². The Morgan fingerprint density at radius 2 is 1.89 bits per heavy atom. The number of thiophene rings is 1. The lowest BCUT2D eigenvalue weighted by atomic mass is 10.1. The first-order valence-electron chi connectivity index (χ1n) is 5.76. The van der Waals surface area contributed by atoms with Crippen molar-refractivity contribution in [3.05, 3.63) is 44.8 Å². The van der Waals surface area contributed by atoms with Crippen LogP contribution in [0, 0.1) is 6.92 Å². The normalized spacial score (nSPS) is 12.7. The van der Waals surface area contributed by atoms with Gasteiger partial charge in [-0.05, 0) is 50.7 Å². The Labute approximate surface area is 122 Å². The molecular weight excluding hydrogens is 285 g/mol. The fourth-order valence-electron chi connectivity index (χ4n) is 1.71. The highest BCUT2D eigenvalue weighted by Gasteiger charge is 2.11. The molecule has 96 valence electrons. The van der Waals surface area contributed by atoms with Crippen molar-refractivity contribution in [2.45, 2.75) is 19.9 Å². The van der Waals surface area contributed by atoms with Gasteiger partial charge >= 0.3 is 0 Å². The Kier molecular flexibility index (Phi) is 4.33. The molecule has 4 heteroatoms. The first-order chi connectivity index (χ1) is 8.52. The van der Waals surface area contributed by atoms with E-state index in [0.717, 1.165) is 26.0 Å². The predicted octanol–water partition coefficient (Wildman–Crippen LogP) is 5.31. The monoisotopic (exact) mass is 299 g/mol. The van der Waals surface area contributed by atoms with Crippen LogP contribution < -0.4 is 5.32 Å². The third kappa shape index (κ3) is 2.72. The van der Waals surface area contributed by atoms with Gasteiger partial charge in [-0.15, -0.1) is 11.3 Å². The Balaban J connectivity index is 2.43. The molecule has 1 nitrogen and oxygen atoms in total. The van der Waals surface area contributed by atoms with Crippen LogP contribution in [-0.4, -0.2) is 7.05 Å². The number of nitrogens with one attached hydrogen (secondary N) is 1. The Morgan fingerprint density at radius 3 is 2.56 bits per heavy atom. The summed E-state index contributed by atoms with van der Waals surface area (Å²) in [5.41, 5.74) is 2.01. The summed E-state index contributed by atoms with van der Waals surface area (Å²) in [7, 11) is 1.96. The highest BCUT2D eigenvalue weighted by Crippen LogP contribution is 2.37. The molecule has 2 aromatic rings. The van der Waals surface area contributed by atoms with Crippen molar-refractivity contribution in [3.63, 3.8) is 0 Å². The lowest BCUT2D eigenvalue weighted by molar-refractivity contribution is 0.664. The van der Waals surface area contributed by atoms with Crippen molar-refractivity contribution in [1.29, 1.82) is 0 Å². The molecular formula is C14H15Cl2NS. The molecule has 1 aromatic carbocycles. The van der Waals surface area contributed by atoms with Gasteiger partial charge in [0, 0.05) is 31.4 Å². The van der Waals surface area contributed by atoms with Crippen LogP contribution in [0.2, 0.25) is 10.0 Å². The van der Waals surface area contributed by atoms with Crippen LogP contribution in [-0.2, 0) is 0 Å². The maximum absolute atomic E-state index is 6.29. The highest BCUT2D eigenvalue weighted by atomic mass is 35.5. The van der Waals surface area contributed by atoms with E-state index in [9.17, 15) is 0 Å². The summed E-state index contributed by atoms with van der Waals surface area (Å²) in [5, 5.41) is 4.74. The lowest BCUT2D eigenvalue weighted by Crippen LogP contribution is -2.10. The summed E-state index contributed by atoms with van der Waals surface area (Å²) in [6, 6.07) is 8.44. The molecule has 0 fully saturated rings. The smallest absolute Gasteiger partial charge is 0.0496 e. The van der Waals surface area contributed by atoms with Crippen molar-refractivity contribution in [2.24, 2.45) is 0 Å². The average Bonchev–Trinajstić information content (AvgIpc) is 2.82. The number of hydrogen-bond acceptors (Lipinski definition) is 2. The van der Waals surface area contributed by atoms with Crippen LogP contribution in [0.25, 0.3) is 10.4 Å². The third-order valence-corrected chi connectivity index (χ3v) is 5.02. The lowest BCUT2D eigenvalue weighted by Gasteiger charge is -2.07. The van der Waals surface area contributed by atoms with Crippen molar-refractivity contribution in [2.75, 3.05) is 7.05 Å². The summed E-state index contributed by atoms with van der Waals surface area (Å²) < 4.78 is 0. The zero-order valence-corrected chi connectivity index (χ0v) is 12.9. The molecule has 0 saturated heterocycles. The first kappa shape index (κ1) is 13.9. The second-order valence-corrected chi connectivity index (χ2v) is 6.22. The summed E-state index contributed by atoms with van der Waals surface area (Å²) >= 11 is 14.2. The molecule has 0 spiro atoms. The van der Waals surface area contributed by atoms with Crippen LogP contribution in [0.4, 0.5) is 0 Å². The molecule has 1 unspecified atom stereocenters. The maximum Gasteiger partial charge on any atom is 0.0496 e. The summed E-state index contributed by atoms with van der Waals surface area (Å²) in [6.07, 6.45) is 0. The largest absolute Gasteiger partial charge is 0.313 e. The molecule has 0 aliphatic carbocycles. The molecule has 0 amide bonds. The van der Waals surface area contributed by atoms with E-state index in [1.807, 2.05) is 26.1 Å². The molecule has 0 aliphatic rings. The van der Waals surface area contributed by atoms with Gasteiger partial charge in [0.2, 0.25) is 0 Å². The minimum atomic E-state index is 0.350. The molecule has 1 atom stereocenters. The number of halogens is 2. The molecule has 1 aromatic heterocycles. The standard InChI is InChI=1S/C14H15Cl2NS/c1-8-6-12(16)10(7-11(8)15)14-5-4-13(18-14)9(2)17-3/h4-7,9,17H,1-3H3. The molecule has 0 bridgehead atoms. The topological polar surface area (TPSA) is 12.0 Å². The fraction of sp³-hybridized carbons (Fsp3) is 0.286. The van der Waals surface area contributed by atoms with E-state index in [2.05, 4.69) is 24.4 Å². The maximum atomic E-state index is 6.29. The van der Waals surface area contributed by atoms with E-state index in [1.54, 1.807) is 11.3 Å². The highest BCUT2D eigenvalue weighted by molar-refractivity contribution is 7.15. The first-order valence-corrected chi connectivity index (χ1v) is 7.33. The number of hydrogen-bond donors (Lipinski definition) is 1. The van der Waals surface area contributed by atoms with Crippen molar-refractivity contribution < 1.29 is 0 Å². The number of aryl methyl sites for hydroxylation is 1. The second-order valence-electron chi connectivity index (χ2n) is 4.29. The molecule has 2 rings (SSSR count). The van der Waals surface area contributed by atoms with Gasteiger partial charge in [0.25, 0.3) is 0 Å². The molecule has 0 saturated carbocycles. The van der Waals surface area contributed by atoms with Crippen molar-refractivity contribution >= 4 is 34.5 Å². The van der Waals surface area contributed by atoms with E-state index in [0.29, 0.717) is 6.04 Å². The average molecular weight is 300 g/mol. The molecule has 18 heavy (non-hydrogen) atoms. The Hall–Kier alpha value is -0.540. The van der Waals surface area contributed by atoms with Crippen LogP contribution >= 0.6 is 34.5 Å². The minimum Gasteiger partial charge on any atom is -0.313 e. The van der Waals surface area contributed by atoms with Crippen molar-refractivity contribution in [1.82, 2.24) is 5.32 Å². The van der Waals surface area contributed by atoms with Gasteiger partial charge in [0.1, 0.15) is 0 Å². The molecule has 1 N–H and O–H groups in total. The predicted molar refractivity (Wildman–Crippen MR) is 82.0 cm³/mol. The molecule has 1 heterocycles. The van der Waals surface area contributed by atoms with Gasteiger partial charge in [0.15, 0.2) is 0 Å². The molecule has 0 aliphatic heterocycles. The van der Waals surface area contributed by atoms with Gasteiger partial charge < -0.3 is 5.32 Å². The number of rotatable bonds is 3. The minimum absolute atomic E-state index is 0.350. The second kappa shape index (κ2) is 5.62. The Morgan fingerprint density at radius 1 is 1.17 bits per heavy atom. The van der Waals surface area contributed by atoms with Gasteiger partial charge in [-0.25, -0.2) is 0 Å². The SMILES string of the molecule is CNC(C)c1ccc(-c2cc(Cl)c(C)cc2Cl)s1. The van der Waals surface area contributed by atoms with Gasteiger partial charge in [-0.1, -0.05) is 23.2 Å². The van der Waals surface area contributed by atoms with Crippen LogP contribution in [0.1, 0.15) is 23.4 Å². The summed E-state index contributed by atoms with van der Waals surface area (Å²) in [6.45, 7) is 4.10. The van der Waals surface area contributed by atoms with E-state index in [-0.39, 0.29) is 0 Å². The van der Waals surface area contributed by atoms with Crippen LogP contribution in [0.3, 0.4) is 0 Å². The van der Waals surface area contributed by atoms with E-state index in [4.69, 9.17) is 23.2 Å². The van der Waals surface area contributed by atoms with Crippen molar-refractivity contribution in [3.8, 4) is 10.4 Å². The molecule has 0 radical (unpaired) electrons.